The molecule has 0 atom stereocenters. The van der Waals surface area contributed by atoms with Crippen molar-refractivity contribution in [2.75, 3.05) is 37.7 Å². The molecule has 0 spiro atoms. The predicted octanol–water partition coefficient (Wildman–Crippen LogP) is 0.870. The molecule has 2 aromatic rings. The second-order valence-electron chi connectivity index (χ2n) is 5.55. The Morgan fingerprint density at radius 1 is 1.17 bits per heavy atom. The van der Waals surface area contributed by atoms with Gasteiger partial charge in [-0.1, -0.05) is 30.3 Å². The Balaban J connectivity index is 1.51. The van der Waals surface area contributed by atoms with E-state index >= 15 is 0 Å². The van der Waals surface area contributed by atoms with Crippen LogP contribution in [-0.2, 0) is 17.9 Å². The van der Waals surface area contributed by atoms with Crippen LogP contribution in [0.25, 0.3) is 0 Å². The Morgan fingerprint density at radius 2 is 1.96 bits per heavy atom. The molecule has 0 aliphatic carbocycles. The van der Waals surface area contributed by atoms with Crippen molar-refractivity contribution in [2.45, 2.75) is 13.2 Å². The minimum Gasteiger partial charge on any atom is -0.375 e. The minimum atomic E-state index is -0.0793. The molecule has 3 rings (SSSR count). The molecule has 2 heterocycles. The first-order valence-electron chi connectivity index (χ1n) is 7.97. The number of rotatable bonds is 6. The van der Waals surface area contributed by atoms with E-state index < -0.39 is 0 Å². The van der Waals surface area contributed by atoms with E-state index in [1.54, 1.807) is 12.3 Å². The van der Waals surface area contributed by atoms with Crippen LogP contribution in [0.5, 0.6) is 0 Å². The molecule has 1 N–H and O–H groups in total. The number of hydrogen-bond acceptors (Lipinski definition) is 5. The topological polar surface area (TPSA) is 59.4 Å². The molecule has 6 nitrogen and oxygen atoms in total. The smallest absolute Gasteiger partial charge is 0.268 e. The Bertz CT molecular complexity index is 666. The summed E-state index contributed by atoms with van der Waals surface area (Å²) in [5, 5.41) is 7.56. The number of piperazine rings is 1. The van der Waals surface area contributed by atoms with E-state index in [-0.39, 0.29) is 5.56 Å². The normalized spacial score (nSPS) is 14.9. The first-order valence-corrected chi connectivity index (χ1v) is 7.97. The quantitative estimate of drug-likeness (QED) is 0.802. The molecule has 1 fully saturated rings. The third-order valence-electron chi connectivity index (χ3n) is 3.90. The van der Waals surface area contributed by atoms with Gasteiger partial charge in [0.25, 0.3) is 5.56 Å². The van der Waals surface area contributed by atoms with Crippen molar-refractivity contribution in [3.8, 4) is 0 Å². The fourth-order valence-electron chi connectivity index (χ4n) is 2.60. The van der Waals surface area contributed by atoms with Crippen LogP contribution in [0.3, 0.4) is 0 Å². The maximum Gasteiger partial charge on any atom is 0.268 e. The van der Waals surface area contributed by atoms with Crippen LogP contribution < -0.4 is 15.8 Å². The Hall–Kier alpha value is -2.18. The summed E-state index contributed by atoms with van der Waals surface area (Å²) in [7, 11) is 0. The summed E-state index contributed by atoms with van der Waals surface area (Å²) in [6, 6.07) is 11.7. The lowest BCUT2D eigenvalue weighted by molar-refractivity contribution is 0.110. The molecular weight excluding hydrogens is 292 g/mol. The van der Waals surface area contributed by atoms with Crippen molar-refractivity contribution in [2.24, 2.45) is 0 Å². The molecule has 0 radical (unpaired) electrons. The van der Waals surface area contributed by atoms with E-state index in [0.717, 1.165) is 37.4 Å². The summed E-state index contributed by atoms with van der Waals surface area (Å²) in [6.45, 7) is 5.18. The fraction of sp³-hybridized carbons (Fsp3) is 0.412. The second kappa shape index (κ2) is 7.89. The summed E-state index contributed by atoms with van der Waals surface area (Å²) in [4.78, 5) is 14.3. The van der Waals surface area contributed by atoms with Gasteiger partial charge in [-0.2, -0.15) is 5.10 Å². The van der Waals surface area contributed by atoms with Crippen molar-refractivity contribution in [3.63, 3.8) is 0 Å². The zero-order valence-corrected chi connectivity index (χ0v) is 13.1. The Kier molecular flexibility index (Phi) is 5.39. The van der Waals surface area contributed by atoms with Crippen LogP contribution in [0.2, 0.25) is 0 Å². The average Bonchev–Trinajstić information content (AvgIpc) is 2.61. The Morgan fingerprint density at radius 3 is 2.70 bits per heavy atom. The van der Waals surface area contributed by atoms with Gasteiger partial charge in [-0.05, 0) is 5.56 Å². The molecule has 6 heteroatoms. The van der Waals surface area contributed by atoms with Gasteiger partial charge in [-0.15, -0.1) is 0 Å². The van der Waals surface area contributed by atoms with Gasteiger partial charge in [0.1, 0.15) is 0 Å². The third-order valence-corrected chi connectivity index (χ3v) is 3.90. The van der Waals surface area contributed by atoms with E-state index in [4.69, 9.17) is 4.74 Å². The summed E-state index contributed by atoms with van der Waals surface area (Å²) in [6.07, 6.45) is 1.77. The molecule has 122 valence electrons. The molecular formula is C17H22N4O2. The van der Waals surface area contributed by atoms with E-state index in [1.165, 1.54) is 4.68 Å². The minimum absolute atomic E-state index is 0.0793. The number of anilines is 1. The Labute approximate surface area is 135 Å². The van der Waals surface area contributed by atoms with Gasteiger partial charge in [0.15, 0.2) is 0 Å². The van der Waals surface area contributed by atoms with Crippen molar-refractivity contribution in [1.29, 1.82) is 0 Å². The zero-order valence-electron chi connectivity index (χ0n) is 13.1. The largest absolute Gasteiger partial charge is 0.375 e. The highest BCUT2D eigenvalue weighted by atomic mass is 16.5. The number of aromatic nitrogens is 2. The van der Waals surface area contributed by atoms with Gasteiger partial charge in [0.2, 0.25) is 0 Å². The first kappa shape index (κ1) is 15.7. The lowest BCUT2D eigenvalue weighted by Crippen LogP contribution is -2.44. The van der Waals surface area contributed by atoms with Crippen LogP contribution in [0, 0.1) is 0 Å². The fourth-order valence-corrected chi connectivity index (χ4v) is 2.60. The van der Waals surface area contributed by atoms with Crippen LogP contribution in [-0.4, -0.2) is 42.6 Å². The highest BCUT2D eigenvalue weighted by Crippen LogP contribution is 2.09. The maximum atomic E-state index is 12.1. The van der Waals surface area contributed by atoms with E-state index in [9.17, 15) is 4.79 Å². The van der Waals surface area contributed by atoms with Crippen molar-refractivity contribution in [3.05, 3.63) is 58.5 Å². The van der Waals surface area contributed by atoms with Crippen LogP contribution in [0.15, 0.2) is 47.4 Å². The van der Waals surface area contributed by atoms with E-state index in [2.05, 4.69) is 15.3 Å². The molecule has 0 saturated carbocycles. The van der Waals surface area contributed by atoms with Crippen LogP contribution in [0.4, 0.5) is 5.69 Å². The van der Waals surface area contributed by atoms with Crippen molar-refractivity contribution < 1.29 is 4.74 Å². The number of hydrogen-bond donors (Lipinski definition) is 1. The molecule has 1 aliphatic heterocycles. The highest BCUT2D eigenvalue weighted by molar-refractivity contribution is 5.43. The van der Waals surface area contributed by atoms with Gasteiger partial charge in [0, 0.05) is 32.2 Å². The molecule has 0 amide bonds. The molecule has 1 aromatic carbocycles. The number of benzene rings is 1. The van der Waals surface area contributed by atoms with Crippen LogP contribution in [0.1, 0.15) is 5.56 Å². The highest BCUT2D eigenvalue weighted by Gasteiger charge is 2.11. The number of ether oxygens (including phenoxy) is 1. The molecule has 1 aromatic heterocycles. The van der Waals surface area contributed by atoms with Gasteiger partial charge >= 0.3 is 0 Å². The predicted molar refractivity (Wildman–Crippen MR) is 89.7 cm³/mol. The molecule has 1 saturated heterocycles. The first-order chi connectivity index (χ1) is 11.3. The second-order valence-corrected chi connectivity index (χ2v) is 5.55. The van der Waals surface area contributed by atoms with Crippen LogP contribution >= 0.6 is 0 Å². The van der Waals surface area contributed by atoms with E-state index in [0.29, 0.717) is 19.8 Å². The van der Waals surface area contributed by atoms with E-state index in [1.807, 2.05) is 30.3 Å². The number of nitrogens with one attached hydrogen (secondary N) is 1. The third kappa shape index (κ3) is 4.40. The average molecular weight is 314 g/mol. The lowest BCUT2D eigenvalue weighted by Gasteiger charge is -2.28. The standard InChI is InChI=1S/C17H22N4O2/c22-17-12-16(20-8-6-18-7-9-20)13-19-21(17)10-11-23-14-15-4-2-1-3-5-15/h1-5,12-13,18H,6-11,14H2. The molecule has 1 aliphatic rings. The summed E-state index contributed by atoms with van der Waals surface area (Å²) in [5.74, 6) is 0. The lowest BCUT2D eigenvalue weighted by atomic mass is 10.2. The van der Waals surface area contributed by atoms with Gasteiger partial charge in [-0.25, -0.2) is 4.68 Å². The summed E-state index contributed by atoms with van der Waals surface area (Å²) < 4.78 is 7.06. The molecule has 23 heavy (non-hydrogen) atoms. The van der Waals surface area contributed by atoms with Crippen molar-refractivity contribution in [1.82, 2.24) is 15.1 Å². The van der Waals surface area contributed by atoms with Gasteiger partial charge < -0.3 is 15.0 Å². The SMILES string of the molecule is O=c1cc(N2CCNCC2)cnn1CCOCc1ccccc1. The van der Waals surface area contributed by atoms with Gasteiger partial charge in [-0.3, -0.25) is 4.79 Å². The van der Waals surface area contributed by atoms with Gasteiger partial charge in [0.05, 0.1) is 31.6 Å². The monoisotopic (exact) mass is 314 g/mol. The van der Waals surface area contributed by atoms with Crippen molar-refractivity contribution >= 4 is 5.69 Å². The summed E-state index contributed by atoms with van der Waals surface area (Å²) in [5.41, 5.74) is 1.95. The maximum absolute atomic E-state index is 12.1. The summed E-state index contributed by atoms with van der Waals surface area (Å²) >= 11 is 0. The number of nitrogens with zero attached hydrogens (tertiary/aromatic N) is 3. The molecule has 0 unspecified atom stereocenters. The molecule has 0 bridgehead atoms. The zero-order chi connectivity index (χ0) is 15.9.